The van der Waals surface area contributed by atoms with E-state index in [0.29, 0.717) is 23.8 Å². The van der Waals surface area contributed by atoms with Gasteiger partial charge in [0.05, 0.1) is 16.4 Å². The lowest BCUT2D eigenvalue weighted by Crippen LogP contribution is -2.05. The van der Waals surface area contributed by atoms with Crippen LogP contribution in [0.1, 0.15) is 11.3 Å². The molecule has 0 amide bonds. The molecule has 2 N–H and O–H groups in total. The van der Waals surface area contributed by atoms with E-state index in [2.05, 4.69) is 31.7 Å². The Morgan fingerprint density at radius 3 is 2.77 bits per heavy atom. The number of allylic oxidation sites excluding steroid dienone is 1. The Kier molecular flexibility index (Phi) is 4.50. The number of thioether (sulfide) groups is 1. The van der Waals surface area contributed by atoms with E-state index in [-0.39, 0.29) is 0 Å². The molecule has 3 aromatic rings. The average molecular weight is 358 g/mol. The molecule has 0 saturated heterocycles. The second-order valence-electron chi connectivity index (χ2n) is 5.51. The molecule has 0 unspecified atom stereocenters. The number of fused-ring (bicyclic) bond motifs is 1. The van der Waals surface area contributed by atoms with Crippen LogP contribution < -0.4 is 10.6 Å². The number of aromatic nitrogens is 3. The van der Waals surface area contributed by atoms with Gasteiger partial charge in [0.2, 0.25) is 5.95 Å². The molecule has 1 aromatic carbocycles. The number of hydrogen-bond donors (Lipinski definition) is 2. The van der Waals surface area contributed by atoms with E-state index in [4.69, 9.17) is 0 Å². The minimum Gasteiger partial charge on any atom is -0.350 e. The van der Waals surface area contributed by atoms with Gasteiger partial charge in [-0.05, 0) is 35.9 Å². The zero-order valence-electron chi connectivity index (χ0n) is 13.7. The molecular formula is C19H14N6S. The third-order valence-electron chi connectivity index (χ3n) is 3.80. The third-order valence-corrected chi connectivity index (χ3v) is 4.88. The lowest BCUT2D eigenvalue weighted by atomic mass is 10.2. The summed E-state index contributed by atoms with van der Waals surface area (Å²) in [5.41, 5.74) is 3.17. The lowest BCUT2D eigenvalue weighted by Gasteiger charge is -2.07. The molecule has 3 heterocycles. The van der Waals surface area contributed by atoms with Crippen LogP contribution in [0.3, 0.4) is 0 Å². The number of pyridine rings is 1. The monoisotopic (exact) mass is 358 g/mol. The van der Waals surface area contributed by atoms with E-state index in [1.807, 2.05) is 36.4 Å². The van der Waals surface area contributed by atoms with E-state index in [1.54, 1.807) is 24.7 Å². The van der Waals surface area contributed by atoms with Crippen LogP contribution in [0, 0.1) is 11.3 Å². The summed E-state index contributed by atoms with van der Waals surface area (Å²) >= 11 is 1.54. The average Bonchev–Trinajstić information content (AvgIpc) is 3.12. The molecule has 0 saturated carbocycles. The highest BCUT2D eigenvalue weighted by Crippen LogP contribution is 2.43. The van der Waals surface area contributed by atoms with Crippen molar-refractivity contribution in [2.45, 2.75) is 11.4 Å². The van der Waals surface area contributed by atoms with Gasteiger partial charge in [-0.25, -0.2) is 9.97 Å². The van der Waals surface area contributed by atoms with Gasteiger partial charge in [0.25, 0.3) is 0 Å². The largest absolute Gasteiger partial charge is 0.350 e. The Morgan fingerprint density at radius 1 is 1.12 bits per heavy atom. The number of hydrogen-bond acceptors (Lipinski definition) is 7. The highest BCUT2D eigenvalue weighted by molar-refractivity contribution is 8.04. The molecule has 0 atom stereocenters. The maximum atomic E-state index is 9.67. The van der Waals surface area contributed by atoms with E-state index in [9.17, 15) is 5.26 Å². The molecule has 0 bridgehead atoms. The number of benzene rings is 1. The second kappa shape index (κ2) is 7.25. The third kappa shape index (κ3) is 3.36. The predicted molar refractivity (Wildman–Crippen MR) is 102 cm³/mol. The van der Waals surface area contributed by atoms with Gasteiger partial charge in [-0.1, -0.05) is 23.9 Å². The van der Waals surface area contributed by atoms with E-state index in [0.717, 1.165) is 21.2 Å². The second-order valence-corrected chi connectivity index (χ2v) is 6.57. The molecule has 2 aromatic heterocycles. The summed E-state index contributed by atoms with van der Waals surface area (Å²) in [4.78, 5) is 13.8. The van der Waals surface area contributed by atoms with Crippen LogP contribution in [0.5, 0.6) is 0 Å². The van der Waals surface area contributed by atoms with Crippen LogP contribution in [0.25, 0.3) is 5.57 Å². The standard InChI is InChI=1S/C19H14N6S/c20-11-14(18-24-16-3-1-2-4-17(16)26-18)15-7-10-22-19(25-15)23-12-13-5-8-21-9-6-13/h1-10,24H,12H2,(H,22,23,25)/b18-14+. The summed E-state index contributed by atoms with van der Waals surface area (Å²) in [6.45, 7) is 0.586. The highest BCUT2D eigenvalue weighted by atomic mass is 32.2. The smallest absolute Gasteiger partial charge is 0.223 e. The molecule has 26 heavy (non-hydrogen) atoms. The first-order chi connectivity index (χ1) is 12.8. The first-order valence-corrected chi connectivity index (χ1v) is 8.79. The minimum atomic E-state index is 0.480. The molecule has 1 aliphatic rings. The topological polar surface area (TPSA) is 86.5 Å². The Bertz CT molecular complexity index is 983. The quantitative estimate of drug-likeness (QED) is 0.684. The maximum Gasteiger partial charge on any atom is 0.223 e. The molecule has 0 radical (unpaired) electrons. The zero-order valence-corrected chi connectivity index (χ0v) is 14.5. The predicted octanol–water partition coefficient (Wildman–Crippen LogP) is 3.89. The lowest BCUT2D eigenvalue weighted by molar-refractivity contribution is 1.04. The van der Waals surface area contributed by atoms with Crippen molar-refractivity contribution in [2.24, 2.45) is 0 Å². The highest BCUT2D eigenvalue weighted by Gasteiger charge is 2.20. The molecule has 0 aliphatic carbocycles. The number of para-hydroxylation sites is 1. The number of nitriles is 1. The summed E-state index contributed by atoms with van der Waals surface area (Å²) in [5.74, 6) is 0.480. The Hall–Kier alpha value is -3.37. The Balaban J connectivity index is 1.57. The van der Waals surface area contributed by atoms with Crippen LogP contribution in [0.4, 0.5) is 11.6 Å². The molecule has 4 rings (SSSR count). The van der Waals surface area contributed by atoms with Crippen LogP contribution in [0.2, 0.25) is 0 Å². The van der Waals surface area contributed by atoms with E-state index in [1.165, 1.54) is 11.8 Å². The SMILES string of the molecule is N#C/C(=C1/Nc2ccccc2S1)c1ccnc(NCc2ccncc2)n1. The first-order valence-electron chi connectivity index (χ1n) is 7.98. The fraction of sp³-hybridized carbons (Fsp3) is 0.0526. The fourth-order valence-electron chi connectivity index (χ4n) is 2.52. The molecular weight excluding hydrogens is 344 g/mol. The normalized spacial score (nSPS) is 14.1. The van der Waals surface area contributed by atoms with Gasteiger partial charge in [-0.2, -0.15) is 5.26 Å². The van der Waals surface area contributed by atoms with Gasteiger partial charge >= 0.3 is 0 Å². The van der Waals surface area contributed by atoms with Crippen molar-refractivity contribution >= 4 is 29.0 Å². The molecule has 7 heteroatoms. The van der Waals surface area contributed by atoms with Gasteiger partial charge in [0.1, 0.15) is 11.6 Å². The van der Waals surface area contributed by atoms with Gasteiger partial charge in [-0.15, -0.1) is 0 Å². The molecule has 0 fully saturated rings. The summed E-state index contributed by atoms with van der Waals surface area (Å²) in [6, 6.07) is 15.8. The van der Waals surface area contributed by atoms with E-state index >= 15 is 0 Å². The summed E-state index contributed by atoms with van der Waals surface area (Å²) in [7, 11) is 0. The molecule has 1 aliphatic heterocycles. The first kappa shape index (κ1) is 16.1. The van der Waals surface area contributed by atoms with Crippen molar-refractivity contribution < 1.29 is 0 Å². The van der Waals surface area contributed by atoms with Gasteiger partial charge in [0.15, 0.2) is 0 Å². The molecule has 0 spiro atoms. The van der Waals surface area contributed by atoms with Gasteiger partial charge in [-0.3, -0.25) is 4.98 Å². The van der Waals surface area contributed by atoms with Crippen LogP contribution in [0.15, 0.2) is 71.0 Å². The van der Waals surface area contributed by atoms with Crippen LogP contribution in [-0.4, -0.2) is 15.0 Å². The van der Waals surface area contributed by atoms with Crippen molar-refractivity contribution in [3.8, 4) is 6.07 Å². The Morgan fingerprint density at radius 2 is 1.96 bits per heavy atom. The van der Waals surface area contributed by atoms with Crippen molar-refractivity contribution in [3.05, 3.63) is 77.3 Å². The number of rotatable bonds is 4. The van der Waals surface area contributed by atoms with Crippen molar-refractivity contribution in [2.75, 3.05) is 10.6 Å². The van der Waals surface area contributed by atoms with Gasteiger partial charge in [0, 0.05) is 30.0 Å². The minimum absolute atomic E-state index is 0.480. The van der Waals surface area contributed by atoms with Gasteiger partial charge < -0.3 is 10.6 Å². The fourth-order valence-corrected chi connectivity index (χ4v) is 3.53. The maximum absolute atomic E-state index is 9.67. The van der Waals surface area contributed by atoms with Crippen molar-refractivity contribution in [1.29, 1.82) is 5.26 Å². The summed E-state index contributed by atoms with van der Waals surface area (Å²) in [5, 5.41) is 16.9. The molecule has 6 nitrogen and oxygen atoms in total. The zero-order chi connectivity index (χ0) is 17.8. The summed E-state index contributed by atoms with van der Waals surface area (Å²) in [6.07, 6.45) is 5.14. The number of nitrogens with zero attached hydrogens (tertiary/aromatic N) is 4. The Labute approximate surface area is 155 Å². The van der Waals surface area contributed by atoms with Crippen LogP contribution >= 0.6 is 11.8 Å². The number of anilines is 2. The van der Waals surface area contributed by atoms with Crippen LogP contribution in [-0.2, 0) is 6.54 Å². The molecule has 126 valence electrons. The summed E-state index contributed by atoms with van der Waals surface area (Å²) < 4.78 is 0. The van der Waals surface area contributed by atoms with Crippen molar-refractivity contribution in [3.63, 3.8) is 0 Å². The number of nitrogens with one attached hydrogen (secondary N) is 2. The van der Waals surface area contributed by atoms with Crippen molar-refractivity contribution in [1.82, 2.24) is 15.0 Å². The van der Waals surface area contributed by atoms with E-state index < -0.39 is 0 Å².